The van der Waals surface area contributed by atoms with Crippen LogP contribution in [-0.2, 0) is 4.79 Å². The Morgan fingerprint density at radius 3 is 2.32 bits per heavy atom. The minimum atomic E-state index is -0.342. The van der Waals surface area contributed by atoms with Gasteiger partial charge in [-0.05, 0) is 76.9 Å². The Kier molecular flexibility index (Phi) is 6.53. The molecule has 2 amide bonds. The molecule has 3 aromatic rings. The Labute approximate surface area is 178 Å². The Bertz CT molecular complexity index is 963. The maximum Gasteiger partial charge on any atom is 0.291 e. The highest BCUT2D eigenvalue weighted by Gasteiger charge is 2.11. The summed E-state index contributed by atoms with van der Waals surface area (Å²) in [5.41, 5.74) is 2.09. The highest BCUT2D eigenvalue weighted by atomic mass is 79.9. The summed E-state index contributed by atoms with van der Waals surface area (Å²) < 4.78 is 12.4. The predicted molar refractivity (Wildman–Crippen MR) is 114 cm³/mol. The van der Waals surface area contributed by atoms with Gasteiger partial charge < -0.3 is 19.8 Å². The van der Waals surface area contributed by atoms with Crippen LogP contribution in [-0.4, -0.2) is 18.4 Å². The lowest BCUT2D eigenvalue weighted by Crippen LogP contribution is -2.20. The van der Waals surface area contributed by atoms with Gasteiger partial charge in [0.15, 0.2) is 12.4 Å². The van der Waals surface area contributed by atoms with Gasteiger partial charge in [-0.1, -0.05) is 15.9 Å². The maximum atomic E-state index is 12.2. The van der Waals surface area contributed by atoms with Crippen LogP contribution < -0.4 is 15.4 Å². The number of halogens is 2. The largest absolute Gasteiger partial charge is 0.482 e. The van der Waals surface area contributed by atoms with Crippen molar-refractivity contribution in [3.63, 3.8) is 0 Å². The smallest absolute Gasteiger partial charge is 0.291 e. The highest BCUT2D eigenvalue weighted by molar-refractivity contribution is 9.11. The summed E-state index contributed by atoms with van der Waals surface area (Å²) in [6.45, 7) is 1.77. The van der Waals surface area contributed by atoms with Crippen LogP contribution >= 0.6 is 31.9 Å². The van der Waals surface area contributed by atoms with Gasteiger partial charge in [0.05, 0.1) is 10.7 Å². The van der Waals surface area contributed by atoms with Crippen molar-refractivity contribution in [2.24, 2.45) is 0 Å². The Morgan fingerprint density at radius 1 is 1.04 bits per heavy atom. The molecular formula is C20H16Br2N2O4. The van der Waals surface area contributed by atoms with E-state index >= 15 is 0 Å². The lowest BCUT2D eigenvalue weighted by molar-refractivity contribution is -0.118. The van der Waals surface area contributed by atoms with Crippen LogP contribution in [0.25, 0.3) is 0 Å². The van der Waals surface area contributed by atoms with Gasteiger partial charge in [-0.2, -0.15) is 0 Å². The number of amides is 2. The van der Waals surface area contributed by atoms with Gasteiger partial charge >= 0.3 is 0 Å². The van der Waals surface area contributed by atoms with E-state index in [0.29, 0.717) is 17.1 Å². The topological polar surface area (TPSA) is 80.6 Å². The molecule has 0 aliphatic heterocycles. The molecule has 0 unspecified atom stereocenters. The summed E-state index contributed by atoms with van der Waals surface area (Å²) in [6.07, 6.45) is 1.43. The monoisotopic (exact) mass is 506 g/mol. The minimum absolute atomic E-state index is 0.127. The van der Waals surface area contributed by atoms with Gasteiger partial charge in [0.1, 0.15) is 5.75 Å². The number of nitrogens with one attached hydrogen (secondary N) is 2. The molecule has 0 radical (unpaired) electrons. The van der Waals surface area contributed by atoms with Crippen LogP contribution in [0.3, 0.4) is 0 Å². The SMILES string of the molecule is Cc1cc(Br)cc(Br)c1OCC(=O)Nc1ccc(NC(=O)c2ccco2)cc1. The molecule has 0 aliphatic rings. The number of furan rings is 1. The summed E-state index contributed by atoms with van der Waals surface area (Å²) >= 11 is 6.84. The molecule has 2 N–H and O–H groups in total. The maximum absolute atomic E-state index is 12.2. The molecule has 6 nitrogen and oxygen atoms in total. The fourth-order valence-electron chi connectivity index (χ4n) is 2.44. The van der Waals surface area contributed by atoms with Crippen molar-refractivity contribution < 1.29 is 18.7 Å². The average molecular weight is 508 g/mol. The lowest BCUT2D eigenvalue weighted by Gasteiger charge is -2.12. The fourth-order valence-corrected chi connectivity index (χ4v) is 4.00. The van der Waals surface area contributed by atoms with E-state index < -0.39 is 0 Å². The molecule has 144 valence electrons. The van der Waals surface area contributed by atoms with E-state index in [1.165, 1.54) is 6.26 Å². The molecule has 0 aliphatic carbocycles. The van der Waals surface area contributed by atoms with Crippen LogP contribution in [0.4, 0.5) is 11.4 Å². The predicted octanol–water partition coefficient (Wildman–Crippen LogP) is 5.38. The van der Waals surface area contributed by atoms with E-state index in [2.05, 4.69) is 42.5 Å². The number of aryl methyl sites for hydroxylation is 1. The number of ether oxygens (including phenoxy) is 1. The van der Waals surface area contributed by atoms with Crippen molar-refractivity contribution in [2.75, 3.05) is 17.2 Å². The van der Waals surface area contributed by atoms with Crippen LogP contribution in [0.2, 0.25) is 0 Å². The fraction of sp³-hybridized carbons (Fsp3) is 0.100. The lowest BCUT2D eigenvalue weighted by atomic mass is 10.2. The zero-order chi connectivity index (χ0) is 20.1. The molecular weight excluding hydrogens is 492 g/mol. The third-order valence-corrected chi connectivity index (χ3v) is 4.76. The van der Waals surface area contributed by atoms with E-state index in [1.54, 1.807) is 36.4 Å². The van der Waals surface area contributed by atoms with Gasteiger partial charge in [-0.3, -0.25) is 9.59 Å². The molecule has 3 rings (SSSR count). The summed E-state index contributed by atoms with van der Waals surface area (Å²) in [4.78, 5) is 24.1. The molecule has 1 aromatic heterocycles. The Morgan fingerprint density at radius 2 is 1.71 bits per heavy atom. The molecule has 0 spiro atoms. The van der Waals surface area contributed by atoms with Gasteiger partial charge in [0.25, 0.3) is 11.8 Å². The van der Waals surface area contributed by atoms with Gasteiger partial charge in [-0.15, -0.1) is 0 Å². The molecule has 0 bridgehead atoms. The van der Waals surface area contributed by atoms with Crippen molar-refractivity contribution in [3.8, 4) is 5.75 Å². The molecule has 28 heavy (non-hydrogen) atoms. The molecule has 1 heterocycles. The average Bonchev–Trinajstić information content (AvgIpc) is 3.17. The third kappa shape index (κ3) is 5.24. The molecule has 2 aromatic carbocycles. The molecule has 0 saturated carbocycles. The normalized spacial score (nSPS) is 10.4. The van der Waals surface area contributed by atoms with Gasteiger partial charge in [-0.25, -0.2) is 0 Å². The molecule has 8 heteroatoms. The quantitative estimate of drug-likeness (QED) is 0.469. The number of hydrogen-bond donors (Lipinski definition) is 2. The van der Waals surface area contributed by atoms with E-state index in [-0.39, 0.29) is 24.2 Å². The zero-order valence-corrected chi connectivity index (χ0v) is 18.0. The summed E-state index contributed by atoms with van der Waals surface area (Å²) in [5.74, 6) is 0.213. The first kappa shape index (κ1) is 20.2. The van der Waals surface area contributed by atoms with Gasteiger partial charge in [0.2, 0.25) is 0 Å². The molecule has 0 fully saturated rings. The van der Waals surface area contributed by atoms with E-state index in [4.69, 9.17) is 9.15 Å². The van der Waals surface area contributed by atoms with Crippen molar-refractivity contribution in [1.29, 1.82) is 0 Å². The first-order valence-corrected chi connectivity index (χ1v) is 9.84. The second-order valence-corrected chi connectivity index (χ2v) is 7.65. The summed E-state index contributed by atoms with van der Waals surface area (Å²) in [5, 5.41) is 5.46. The number of anilines is 2. The van der Waals surface area contributed by atoms with Crippen LogP contribution in [0, 0.1) is 6.92 Å². The van der Waals surface area contributed by atoms with Crippen molar-refractivity contribution >= 4 is 55.0 Å². The molecule has 0 saturated heterocycles. The van der Waals surface area contributed by atoms with Crippen LogP contribution in [0.1, 0.15) is 16.1 Å². The first-order chi connectivity index (χ1) is 13.4. The number of carbonyl (C=O) groups excluding carboxylic acids is 2. The Hall–Kier alpha value is -2.58. The standard InChI is InChI=1S/C20H16Br2N2O4/c1-12-9-13(21)10-16(22)19(12)28-11-18(25)23-14-4-6-15(7-5-14)24-20(26)17-3-2-8-27-17/h2-10H,11H2,1H3,(H,23,25)(H,24,26). The zero-order valence-electron chi connectivity index (χ0n) is 14.8. The third-order valence-electron chi connectivity index (χ3n) is 3.71. The second-order valence-electron chi connectivity index (χ2n) is 5.88. The number of benzene rings is 2. The number of carbonyl (C=O) groups is 2. The second kappa shape index (κ2) is 9.07. The van der Waals surface area contributed by atoms with Crippen LogP contribution in [0.15, 0.2) is 68.2 Å². The number of rotatable bonds is 6. The number of hydrogen-bond acceptors (Lipinski definition) is 4. The summed E-state index contributed by atoms with van der Waals surface area (Å²) in [7, 11) is 0. The van der Waals surface area contributed by atoms with Crippen molar-refractivity contribution in [1.82, 2.24) is 0 Å². The first-order valence-electron chi connectivity index (χ1n) is 8.25. The van der Waals surface area contributed by atoms with E-state index in [9.17, 15) is 9.59 Å². The van der Waals surface area contributed by atoms with Crippen molar-refractivity contribution in [2.45, 2.75) is 6.92 Å². The van der Waals surface area contributed by atoms with E-state index in [0.717, 1.165) is 14.5 Å². The summed E-state index contributed by atoms with van der Waals surface area (Å²) in [6, 6.07) is 13.7. The van der Waals surface area contributed by atoms with Crippen molar-refractivity contribution in [3.05, 3.63) is 75.1 Å². The minimum Gasteiger partial charge on any atom is -0.482 e. The highest BCUT2D eigenvalue weighted by Crippen LogP contribution is 2.32. The Balaban J connectivity index is 1.54. The molecule has 0 atom stereocenters. The van der Waals surface area contributed by atoms with Crippen LogP contribution in [0.5, 0.6) is 5.75 Å². The van der Waals surface area contributed by atoms with E-state index in [1.807, 2.05) is 19.1 Å². The van der Waals surface area contributed by atoms with Gasteiger partial charge in [0, 0.05) is 15.8 Å².